The van der Waals surface area contributed by atoms with Gasteiger partial charge in [-0.2, -0.15) is 0 Å². The van der Waals surface area contributed by atoms with Crippen LogP contribution in [0.15, 0.2) is 24.3 Å². The van der Waals surface area contributed by atoms with Crippen LogP contribution in [0.2, 0.25) is 5.02 Å². The number of nitrogens with one attached hydrogen (secondary N) is 1. The van der Waals surface area contributed by atoms with Gasteiger partial charge in [0.2, 0.25) is 0 Å². The molecule has 0 fully saturated rings. The quantitative estimate of drug-likeness (QED) is 0.843. The van der Waals surface area contributed by atoms with Crippen LogP contribution in [0.5, 0.6) is 5.75 Å². The number of hydrogen-bond acceptors (Lipinski definition) is 3. The number of hydrogen-bond donors (Lipinski definition) is 2. The van der Waals surface area contributed by atoms with Crippen molar-refractivity contribution in [2.75, 3.05) is 6.61 Å². The third-order valence-electron chi connectivity index (χ3n) is 1.96. The molecule has 0 aliphatic rings. The summed E-state index contributed by atoms with van der Waals surface area (Å²) in [4.78, 5) is 11.4. The van der Waals surface area contributed by atoms with E-state index in [1.807, 2.05) is 13.8 Å². The molecule has 94 valence electrons. The Balaban J connectivity index is 2.40. The normalized spacial score (nSPS) is 12.3. The maximum absolute atomic E-state index is 11.4. The topological polar surface area (TPSA) is 58.6 Å². The summed E-state index contributed by atoms with van der Waals surface area (Å²) in [7, 11) is 0. The summed E-state index contributed by atoms with van der Waals surface area (Å²) in [6.45, 7) is 3.57. The minimum absolute atomic E-state index is 0.00678. The standard InChI is InChI=1S/C12H16ClNO3/c1-8(2)14-12(16)11(15)7-17-10-5-3-9(13)4-6-10/h3-6,8,11,15H,7H2,1-2H3,(H,14,16). The minimum atomic E-state index is -1.17. The molecule has 1 aromatic carbocycles. The van der Waals surface area contributed by atoms with Gasteiger partial charge in [0.05, 0.1) is 0 Å². The molecule has 2 N–H and O–H groups in total. The first-order chi connectivity index (χ1) is 7.99. The summed E-state index contributed by atoms with van der Waals surface area (Å²) in [6.07, 6.45) is -1.17. The van der Waals surface area contributed by atoms with Crippen molar-refractivity contribution in [1.29, 1.82) is 0 Å². The molecule has 1 atom stereocenters. The van der Waals surface area contributed by atoms with Gasteiger partial charge < -0.3 is 15.2 Å². The van der Waals surface area contributed by atoms with E-state index >= 15 is 0 Å². The lowest BCUT2D eigenvalue weighted by molar-refractivity contribution is -0.131. The molecule has 0 aromatic heterocycles. The predicted molar refractivity (Wildman–Crippen MR) is 66.2 cm³/mol. The van der Waals surface area contributed by atoms with Gasteiger partial charge in [0.1, 0.15) is 12.4 Å². The van der Waals surface area contributed by atoms with Gasteiger partial charge in [0.15, 0.2) is 6.10 Å². The van der Waals surface area contributed by atoms with Crippen LogP contribution in [-0.2, 0) is 4.79 Å². The molecule has 0 saturated heterocycles. The highest BCUT2D eigenvalue weighted by Gasteiger charge is 2.16. The summed E-state index contributed by atoms with van der Waals surface area (Å²) in [5.74, 6) is 0.125. The van der Waals surface area contributed by atoms with Gasteiger partial charge in [-0.05, 0) is 38.1 Å². The van der Waals surface area contributed by atoms with Gasteiger partial charge in [0.25, 0.3) is 5.91 Å². The van der Waals surface area contributed by atoms with Crippen LogP contribution in [0, 0.1) is 0 Å². The van der Waals surface area contributed by atoms with E-state index < -0.39 is 12.0 Å². The second-order valence-electron chi connectivity index (χ2n) is 3.94. The Morgan fingerprint density at radius 2 is 2.00 bits per heavy atom. The summed E-state index contributed by atoms with van der Waals surface area (Å²) in [5.41, 5.74) is 0. The van der Waals surface area contributed by atoms with Crippen LogP contribution < -0.4 is 10.1 Å². The highest BCUT2D eigenvalue weighted by molar-refractivity contribution is 6.30. The van der Waals surface area contributed by atoms with E-state index in [1.54, 1.807) is 24.3 Å². The van der Waals surface area contributed by atoms with Crippen LogP contribution in [0.4, 0.5) is 0 Å². The molecule has 0 aliphatic carbocycles. The van der Waals surface area contributed by atoms with E-state index in [9.17, 15) is 9.90 Å². The fourth-order valence-corrected chi connectivity index (χ4v) is 1.29. The average molecular weight is 258 g/mol. The maximum atomic E-state index is 11.4. The van der Waals surface area contributed by atoms with Crippen molar-refractivity contribution in [3.8, 4) is 5.75 Å². The third-order valence-corrected chi connectivity index (χ3v) is 2.21. The maximum Gasteiger partial charge on any atom is 0.252 e. The van der Waals surface area contributed by atoms with Crippen molar-refractivity contribution in [2.45, 2.75) is 26.0 Å². The van der Waals surface area contributed by atoms with Crippen molar-refractivity contribution in [3.05, 3.63) is 29.3 Å². The Morgan fingerprint density at radius 1 is 1.41 bits per heavy atom. The van der Waals surface area contributed by atoms with Crippen LogP contribution in [-0.4, -0.2) is 29.8 Å². The van der Waals surface area contributed by atoms with E-state index in [4.69, 9.17) is 16.3 Å². The predicted octanol–water partition coefficient (Wildman–Crippen LogP) is 1.60. The largest absolute Gasteiger partial charge is 0.490 e. The molecule has 0 radical (unpaired) electrons. The van der Waals surface area contributed by atoms with Gasteiger partial charge >= 0.3 is 0 Å². The van der Waals surface area contributed by atoms with Crippen molar-refractivity contribution in [3.63, 3.8) is 0 Å². The molecule has 5 heteroatoms. The Bertz CT molecular complexity index is 365. The molecule has 0 bridgehead atoms. The van der Waals surface area contributed by atoms with Crippen molar-refractivity contribution in [2.24, 2.45) is 0 Å². The second-order valence-corrected chi connectivity index (χ2v) is 4.38. The number of halogens is 1. The molecule has 0 heterocycles. The monoisotopic (exact) mass is 257 g/mol. The van der Waals surface area contributed by atoms with Gasteiger partial charge in [-0.15, -0.1) is 0 Å². The van der Waals surface area contributed by atoms with Gasteiger partial charge in [-0.3, -0.25) is 4.79 Å². The number of carbonyl (C=O) groups is 1. The molecule has 0 aliphatic heterocycles. The molecule has 1 aromatic rings. The number of rotatable bonds is 5. The fourth-order valence-electron chi connectivity index (χ4n) is 1.16. The Hall–Kier alpha value is -1.26. The van der Waals surface area contributed by atoms with Crippen molar-refractivity contribution in [1.82, 2.24) is 5.32 Å². The summed E-state index contributed by atoms with van der Waals surface area (Å²) < 4.78 is 5.26. The second kappa shape index (κ2) is 6.47. The summed E-state index contributed by atoms with van der Waals surface area (Å²) in [6, 6.07) is 6.70. The summed E-state index contributed by atoms with van der Waals surface area (Å²) >= 11 is 5.71. The minimum Gasteiger partial charge on any atom is -0.490 e. The van der Waals surface area contributed by atoms with E-state index in [-0.39, 0.29) is 12.6 Å². The number of aliphatic hydroxyl groups is 1. The Labute approximate surface area is 106 Å². The molecule has 1 amide bonds. The molecule has 1 unspecified atom stereocenters. The third kappa shape index (κ3) is 5.06. The van der Waals surface area contributed by atoms with Crippen LogP contribution >= 0.6 is 11.6 Å². The van der Waals surface area contributed by atoms with Crippen molar-refractivity contribution >= 4 is 17.5 Å². The van der Waals surface area contributed by atoms with Gasteiger partial charge in [-0.1, -0.05) is 11.6 Å². The van der Waals surface area contributed by atoms with Crippen molar-refractivity contribution < 1.29 is 14.6 Å². The molecular formula is C12H16ClNO3. The van der Waals surface area contributed by atoms with Crippen LogP contribution in [0.1, 0.15) is 13.8 Å². The lowest BCUT2D eigenvalue weighted by Crippen LogP contribution is -2.41. The molecule has 0 spiro atoms. The number of ether oxygens (including phenoxy) is 1. The SMILES string of the molecule is CC(C)NC(=O)C(O)COc1ccc(Cl)cc1. The molecule has 0 saturated carbocycles. The molecule has 1 rings (SSSR count). The average Bonchev–Trinajstić information content (AvgIpc) is 2.27. The Kier molecular flexibility index (Phi) is 5.25. The first-order valence-corrected chi connectivity index (χ1v) is 5.73. The molecular weight excluding hydrogens is 242 g/mol. The zero-order valence-electron chi connectivity index (χ0n) is 9.81. The van der Waals surface area contributed by atoms with Crippen LogP contribution in [0.25, 0.3) is 0 Å². The number of benzene rings is 1. The van der Waals surface area contributed by atoms with E-state index in [2.05, 4.69) is 5.32 Å². The zero-order valence-corrected chi connectivity index (χ0v) is 10.6. The first kappa shape index (κ1) is 13.8. The molecule has 4 nitrogen and oxygen atoms in total. The smallest absolute Gasteiger partial charge is 0.252 e. The number of aliphatic hydroxyl groups excluding tert-OH is 1. The fraction of sp³-hybridized carbons (Fsp3) is 0.417. The van der Waals surface area contributed by atoms with E-state index in [0.717, 1.165) is 0 Å². The zero-order chi connectivity index (χ0) is 12.8. The van der Waals surface area contributed by atoms with Crippen LogP contribution in [0.3, 0.4) is 0 Å². The van der Waals surface area contributed by atoms with E-state index in [1.165, 1.54) is 0 Å². The number of amides is 1. The Morgan fingerprint density at radius 3 is 2.53 bits per heavy atom. The van der Waals surface area contributed by atoms with E-state index in [0.29, 0.717) is 10.8 Å². The number of carbonyl (C=O) groups excluding carboxylic acids is 1. The highest BCUT2D eigenvalue weighted by Crippen LogP contribution is 2.15. The molecule has 17 heavy (non-hydrogen) atoms. The summed E-state index contributed by atoms with van der Waals surface area (Å²) in [5, 5.41) is 12.7. The lowest BCUT2D eigenvalue weighted by atomic mass is 10.3. The lowest BCUT2D eigenvalue weighted by Gasteiger charge is -2.14. The van der Waals surface area contributed by atoms with Gasteiger partial charge in [0, 0.05) is 11.1 Å². The highest BCUT2D eigenvalue weighted by atomic mass is 35.5. The van der Waals surface area contributed by atoms with Gasteiger partial charge in [-0.25, -0.2) is 0 Å². The first-order valence-electron chi connectivity index (χ1n) is 5.36.